The number of hydrogen-bond donors (Lipinski definition) is 2. The smallest absolute Gasteiger partial charge is 0.261 e. The third-order valence-corrected chi connectivity index (χ3v) is 8.40. The van der Waals surface area contributed by atoms with Gasteiger partial charge in [-0.05, 0) is 61.9 Å². The fraction of sp³-hybridized carbons (Fsp3) is 0.500. The summed E-state index contributed by atoms with van der Waals surface area (Å²) in [7, 11) is 0. The molecule has 0 unspecified atom stereocenters. The molecule has 0 bridgehead atoms. The molecule has 3 amide bonds. The van der Waals surface area contributed by atoms with E-state index in [0.717, 1.165) is 32.2 Å². The molecule has 1 atom stereocenters. The number of ether oxygens (including phenoxy) is 1. The number of carbonyl (C=O) groups is 3. The van der Waals surface area contributed by atoms with Crippen molar-refractivity contribution in [3.63, 3.8) is 0 Å². The Hall–Kier alpha value is -2.53. The van der Waals surface area contributed by atoms with Crippen LogP contribution in [-0.4, -0.2) is 67.6 Å². The van der Waals surface area contributed by atoms with Gasteiger partial charge < -0.3 is 20.3 Å². The Bertz CT molecular complexity index is 1170. The molecule has 8 nitrogen and oxygen atoms in total. The van der Waals surface area contributed by atoms with Crippen LogP contribution in [0.2, 0.25) is 4.34 Å². The number of rotatable bonds is 10. The molecule has 5 rings (SSSR count). The number of nitrogens with one attached hydrogen (secondary N) is 2. The molecule has 11 heteroatoms. The molecule has 0 spiro atoms. The van der Waals surface area contributed by atoms with Crippen LogP contribution >= 0.6 is 22.9 Å². The van der Waals surface area contributed by atoms with Gasteiger partial charge in [0.15, 0.2) is 0 Å². The fourth-order valence-corrected chi connectivity index (χ4v) is 5.72. The highest BCUT2D eigenvalue weighted by atomic mass is 35.5. The monoisotopic (exact) mass is 548 g/mol. The summed E-state index contributed by atoms with van der Waals surface area (Å²) in [5.41, 5.74) is 0.460. The van der Waals surface area contributed by atoms with E-state index in [1.54, 1.807) is 18.2 Å². The first-order chi connectivity index (χ1) is 17.9. The molecule has 1 saturated heterocycles. The standard InChI is InChI=1S/C26H30ClFN4O4S/c27-23-9-8-22(37-23)26(35)29-13-21(32(17-4-5-17)14-16-2-1-3-16)25(34)30-20-7-6-18(12-19(20)28)31-10-11-36-15-24(31)33/h6-9,12,16-17,21H,1-5,10-11,13-15H2,(H,29,35)(H,30,34)/t21-/m1/s1. The Morgan fingerprint density at radius 1 is 1.22 bits per heavy atom. The van der Waals surface area contributed by atoms with Crippen LogP contribution in [0.5, 0.6) is 0 Å². The fourth-order valence-electron chi connectivity index (χ4n) is 4.76. The summed E-state index contributed by atoms with van der Waals surface area (Å²) in [5, 5.41) is 5.62. The quantitative estimate of drug-likeness (QED) is 0.470. The average molecular weight is 549 g/mol. The molecule has 2 heterocycles. The van der Waals surface area contributed by atoms with Gasteiger partial charge in [-0.1, -0.05) is 18.0 Å². The number of anilines is 2. The summed E-state index contributed by atoms with van der Waals surface area (Å²) in [6.07, 6.45) is 5.46. The van der Waals surface area contributed by atoms with Crippen molar-refractivity contribution < 1.29 is 23.5 Å². The predicted octanol–water partition coefficient (Wildman–Crippen LogP) is 3.91. The minimum Gasteiger partial charge on any atom is -0.370 e. The Kier molecular flexibility index (Phi) is 8.09. The molecule has 2 aromatic rings. The second-order valence-electron chi connectivity index (χ2n) is 9.81. The van der Waals surface area contributed by atoms with E-state index < -0.39 is 11.9 Å². The molecule has 1 aliphatic heterocycles. The third kappa shape index (κ3) is 6.31. The average Bonchev–Trinajstić information content (AvgIpc) is 3.60. The van der Waals surface area contributed by atoms with Gasteiger partial charge in [-0.25, -0.2) is 4.39 Å². The van der Waals surface area contributed by atoms with Crippen molar-refractivity contribution in [2.75, 3.05) is 43.1 Å². The lowest BCUT2D eigenvalue weighted by Gasteiger charge is -2.37. The molecule has 3 fully saturated rings. The zero-order chi connectivity index (χ0) is 25.9. The maximum Gasteiger partial charge on any atom is 0.261 e. The van der Waals surface area contributed by atoms with Crippen molar-refractivity contribution in [3.05, 3.63) is 45.4 Å². The molecule has 2 saturated carbocycles. The maximum absolute atomic E-state index is 15.1. The first kappa shape index (κ1) is 26.1. The number of amides is 3. The van der Waals surface area contributed by atoms with Crippen LogP contribution in [0.15, 0.2) is 30.3 Å². The lowest BCUT2D eigenvalue weighted by atomic mass is 9.84. The number of carbonyl (C=O) groups excluding carboxylic acids is 3. The highest BCUT2D eigenvalue weighted by Crippen LogP contribution is 2.35. The number of benzene rings is 1. The molecule has 0 radical (unpaired) electrons. The van der Waals surface area contributed by atoms with Crippen molar-refractivity contribution in [2.45, 2.75) is 44.2 Å². The zero-order valence-electron chi connectivity index (χ0n) is 20.4. The van der Waals surface area contributed by atoms with Gasteiger partial charge in [-0.2, -0.15) is 0 Å². The van der Waals surface area contributed by atoms with Crippen LogP contribution in [0.3, 0.4) is 0 Å². The Labute approximate surface area is 224 Å². The molecule has 198 valence electrons. The molecule has 37 heavy (non-hydrogen) atoms. The van der Waals surface area contributed by atoms with E-state index in [-0.39, 0.29) is 42.6 Å². The van der Waals surface area contributed by atoms with Crippen LogP contribution in [0.25, 0.3) is 0 Å². The Morgan fingerprint density at radius 2 is 2.03 bits per heavy atom. The van der Waals surface area contributed by atoms with Crippen LogP contribution in [0.1, 0.15) is 41.8 Å². The van der Waals surface area contributed by atoms with Crippen LogP contribution < -0.4 is 15.5 Å². The second-order valence-corrected chi connectivity index (χ2v) is 11.5. The normalized spacial score (nSPS) is 19.0. The van der Waals surface area contributed by atoms with Crippen molar-refractivity contribution in [3.8, 4) is 0 Å². The zero-order valence-corrected chi connectivity index (χ0v) is 22.0. The number of nitrogens with zero attached hydrogens (tertiary/aromatic N) is 2. The Morgan fingerprint density at radius 3 is 2.65 bits per heavy atom. The summed E-state index contributed by atoms with van der Waals surface area (Å²) in [4.78, 5) is 42.5. The minimum atomic E-state index is -0.646. The second kappa shape index (κ2) is 11.5. The van der Waals surface area contributed by atoms with Gasteiger partial charge in [0.1, 0.15) is 18.5 Å². The summed E-state index contributed by atoms with van der Waals surface area (Å²) in [6.45, 7) is 1.58. The van der Waals surface area contributed by atoms with Gasteiger partial charge in [0.25, 0.3) is 11.8 Å². The molecule has 1 aromatic heterocycles. The van der Waals surface area contributed by atoms with Gasteiger partial charge in [-0.3, -0.25) is 19.3 Å². The molecule has 2 aliphatic carbocycles. The highest BCUT2D eigenvalue weighted by molar-refractivity contribution is 7.18. The maximum atomic E-state index is 15.1. The van der Waals surface area contributed by atoms with Crippen molar-refractivity contribution in [1.82, 2.24) is 10.2 Å². The SMILES string of the molecule is O=C(NC[C@H](C(=O)Nc1ccc(N2CCOCC2=O)cc1F)N(CC1CCC1)C1CC1)c1ccc(Cl)s1. The van der Waals surface area contributed by atoms with E-state index >= 15 is 4.39 Å². The number of morpholine rings is 1. The van der Waals surface area contributed by atoms with Gasteiger partial charge >= 0.3 is 0 Å². The lowest BCUT2D eigenvalue weighted by molar-refractivity contribution is -0.125. The van der Waals surface area contributed by atoms with E-state index in [1.807, 2.05) is 0 Å². The van der Waals surface area contributed by atoms with Gasteiger partial charge in [0.2, 0.25) is 5.91 Å². The molecular formula is C26H30ClFN4O4S. The predicted molar refractivity (Wildman–Crippen MR) is 141 cm³/mol. The van der Waals surface area contributed by atoms with Crippen molar-refractivity contribution in [2.24, 2.45) is 5.92 Å². The number of halogens is 2. The molecule has 1 aromatic carbocycles. The number of thiophene rings is 1. The van der Waals surface area contributed by atoms with E-state index in [9.17, 15) is 14.4 Å². The first-order valence-electron chi connectivity index (χ1n) is 12.7. The highest BCUT2D eigenvalue weighted by Gasteiger charge is 2.39. The van der Waals surface area contributed by atoms with Crippen molar-refractivity contribution >= 4 is 52.0 Å². The lowest BCUT2D eigenvalue weighted by Crippen LogP contribution is -2.53. The molecule has 2 N–H and O–H groups in total. The minimum absolute atomic E-state index is 0.0372. The van der Waals surface area contributed by atoms with E-state index in [4.69, 9.17) is 16.3 Å². The van der Waals surface area contributed by atoms with E-state index in [0.29, 0.717) is 34.0 Å². The number of hydrogen-bond acceptors (Lipinski definition) is 6. The van der Waals surface area contributed by atoms with E-state index in [2.05, 4.69) is 15.5 Å². The summed E-state index contributed by atoms with van der Waals surface area (Å²) in [6, 6.07) is 7.30. The Balaban J connectivity index is 1.31. The van der Waals surface area contributed by atoms with Gasteiger partial charge in [0.05, 0.1) is 21.5 Å². The third-order valence-electron chi connectivity index (χ3n) is 7.17. The van der Waals surface area contributed by atoms with E-state index in [1.165, 1.54) is 34.8 Å². The first-order valence-corrected chi connectivity index (χ1v) is 13.9. The topological polar surface area (TPSA) is 91.0 Å². The summed E-state index contributed by atoms with van der Waals surface area (Å²) < 4.78 is 20.7. The van der Waals surface area contributed by atoms with Gasteiger partial charge in [0, 0.05) is 31.4 Å². The molecular weight excluding hydrogens is 519 g/mol. The van der Waals surface area contributed by atoms with Crippen LogP contribution in [0.4, 0.5) is 15.8 Å². The van der Waals surface area contributed by atoms with Gasteiger partial charge in [-0.15, -0.1) is 11.3 Å². The summed E-state index contributed by atoms with van der Waals surface area (Å²) in [5.74, 6) is -0.992. The van der Waals surface area contributed by atoms with Crippen LogP contribution in [-0.2, 0) is 14.3 Å². The summed E-state index contributed by atoms with van der Waals surface area (Å²) >= 11 is 7.15. The van der Waals surface area contributed by atoms with Crippen LogP contribution in [0, 0.1) is 11.7 Å². The van der Waals surface area contributed by atoms with Crippen molar-refractivity contribution in [1.29, 1.82) is 0 Å². The largest absolute Gasteiger partial charge is 0.370 e. The molecule has 3 aliphatic rings.